The summed E-state index contributed by atoms with van der Waals surface area (Å²) in [5.41, 5.74) is 2.59. The molecule has 0 N–H and O–H groups in total. The van der Waals surface area contributed by atoms with Gasteiger partial charge in [0.2, 0.25) is 0 Å². The van der Waals surface area contributed by atoms with Gasteiger partial charge in [-0.1, -0.05) is 6.07 Å². The van der Waals surface area contributed by atoms with Crippen molar-refractivity contribution in [1.29, 1.82) is 0 Å². The first kappa shape index (κ1) is 15.1. The first-order chi connectivity index (χ1) is 11.6. The summed E-state index contributed by atoms with van der Waals surface area (Å²) >= 11 is 0. The van der Waals surface area contributed by atoms with Gasteiger partial charge in [0.15, 0.2) is 11.5 Å². The van der Waals surface area contributed by atoms with Gasteiger partial charge in [0.25, 0.3) is 5.91 Å². The van der Waals surface area contributed by atoms with E-state index in [0.29, 0.717) is 18.9 Å². The molecule has 0 saturated carbocycles. The van der Waals surface area contributed by atoms with Gasteiger partial charge in [-0.2, -0.15) is 5.10 Å². The predicted molar refractivity (Wildman–Crippen MR) is 88.4 cm³/mol. The van der Waals surface area contributed by atoms with E-state index in [1.807, 2.05) is 43.1 Å². The molecule has 6 nitrogen and oxygen atoms in total. The highest BCUT2D eigenvalue weighted by Gasteiger charge is 2.32. The Morgan fingerprint density at radius 1 is 1.21 bits per heavy atom. The number of nitrogens with zero attached hydrogens (tertiary/aromatic N) is 3. The van der Waals surface area contributed by atoms with Gasteiger partial charge in [0, 0.05) is 13.6 Å². The number of hydrogen-bond donors (Lipinski definition) is 0. The summed E-state index contributed by atoms with van der Waals surface area (Å²) in [5.74, 6) is 1.59. The highest BCUT2D eigenvalue weighted by atomic mass is 16.6. The monoisotopic (exact) mass is 327 g/mol. The molecule has 0 spiro atoms. The molecule has 2 aromatic rings. The molecule has 0 radical (unpaired) electrons. The van der Waals surface area contributed by atoms with Crippen LogP contribution in [0.3, 0.4) is 0 Å². The average molecular weight is 327 g/mol. The van der Waals surface area contributed by atoms with Crippen LogP contribution in [0.4, 0.5) is 0 Å². The average Bonchev–Trinajstić information content (AvgIpc) is 3.20. The molecule has 2 aliphatic heterocycles. The number of aryl methyl sites for hydroxylation is 2. The van der Waals surface area contributed by atoms with E-state index >= 15 is 0 Å². The fraction of sp³-hybridized carbons (Fsp3) is 0.444. The number of carbonyl (C=O) groups excluding carboxylic acids is 1. The van der Waals surface area contributed by atoms with Crippen molar-refractivity contribution in [2.75, 3.05) is 19.8 Å². The maximum atomic E-state index is 13.0. The Kier molecular flexibility index (Phi) is 3.67. The highest BCUT2D eigenvalue weighted by molar-refractivity contribution is 5.93. The molecule has 1 saturated heterocycles. The second kappa shape index (κ2) is 5.85. The van der Waals surface area contributed by atoms with Crippen LogP contribution >= 0.6 is 0 Å². The standard InChI is InChI=1S/C18H21N3O3/c1-12-10-15(20(2)19-12)18(22)21-7-3-4-14(21)13-5-6-16-17(11-13)24-9-8-23-16/h5-6,10-11,14H,3-4,7-9H2,1-2H3/t14-/m0/s1. The number of amides is 1. The molecular formula is C18H21N3O3. The van der Waals surface area contributed by atoms with Gasteiger partial charge < -0.3 is 14.4 Å². The van der Waals surface area contributed by atoms with Crippen LogP contribution in [-0.4, -0.2) is 40.3 Å². The van der Waals surface area contributed by atoms with Crippen LogP contribution in [0.15, 0.2) is 24.3 Å². The third kappa shape index (κ3) is 2.52. The van der Waals surface area contributed by atoms with Crippen molar-refractivity contribution in [3.05, 3.63) is 41.2 Å². The van der Waals surface area contributed by atoms with Crippen LogP contribution in [0.5, 0.6) is 11.5 Å². The number of fused-ring (bicyclic) bond motifs is 1. The third-order valence-corrected chi connectivity index (χ3v) is 4.69. The summed E-state index contributed by atoms with van der Waals surface area (Å²) in [7, 11) is 1.81. The van der Waals surface area contributed by atoms with Crippen molar-refractivity contribution in [2.45, 2.75) is 25.8 Å². The molecule has 1 atom stereocenters. The Hall–Kier alpha value is -2.50. The zero-order chi connectivity index (χ0) is 16.7. The molecule has 126 valence electrons. The van der Waals surface area contributed by atoms with Gasteiger partial charge in [-0.3, -0.25) is 9.48 Å². The number of rotatable bonds is 2. The molecule has 1 fully saturated rings. The van der Waals surface area contributed by atoms with E-state index in [1.165, 1.54) is 0 Å². The number of ether oxygens (including phenoxy) is 2. The maximum absolute atomic E-state index is 13.0. The third-order valence-electron chi connectivity index (χ3n) is 4.69. The predicted octanol–water partition coefficient (Wildman–Crippen LogP) is 2.48. The summed E-state index contributed by atoms with van der Waals surface area (Å²) in [6, 6.07) is 7.92. The Labute approximate surface area is 141 Å². The normalized spacial score (nSPS) is 19.6. The number of carbonyl (C=O) groups is 1. The number of benzene rings is 1. The molecule has 1 amide bonds. The molecule has 2 aliphatic rings. The Bertz CT molecular complexity index is 784. The van der Waals surface area contributed by atoms with Gasteiger partial charge >= 0.3 is 0 Å². The molecule has 0 aliphatic carbocycles. The lowest BCUT2D eigenvalue weighted by atomic mass is 10.0. The lowest BCUT2D eigenvalue weighted by Crippen LogP contribution is -2.32. The molecule has 1 aromatic heterocycles. The van der Waals surface area contributed by atoms with Gasteiger partial charge in [-0.05, 0) is 43.5 Å². The van der Waals surface area contributed by atoms with Crippen LogP contribution < -0.4 is 9.47 Å². The van der Waals surface area contributed by atoms with E-state index in [9.17, 15) is 4.79 Å². The van der Waals surface area contributed by atoms with Gasteiger partial charge in [0.1, 0.15) is 18.9 Å². The Balaban J connectivity index is 1.63. The second-order valence-corrected chi connectivity index (χ2v) is 6.35. The zero-order valence-electron chi connectivity index (χ0n) is 14.0. The topological polar surface area (TPSA) is 56.6 Å². The Morgan fingerprint density at radius 2 is 2.00 bits per heavy atom. The minimum Gasteiger partial charge on any atom is -0.486 e. The number of hydrogen-bond acceptors (Lipinski definition) is 4. The minimum atomic E-state index is 0.0375. The SMILES string of the molecule is Cc1cc(C(=O)N2CCC[C@H]2c2ccc3c(c2)OCCO3)n(C)n1. The van der Waals surface area contributed by atoms with Crippen LogP contribution in [0.25, 0.3) is 0 Å². The highest BCUT2D eigenvalue weighted by Crippen LogP contribution is 2.38. The van der Waals surface area contributed by atoms with E-state index < -0.39 is 0 Å². The quantitative estimate of drug-likeness (QED) is 0.850. The van der Waals surface area contributed by atoms with Crippen molar-refractivity contribution in [2.24, 2.45) is 7.05 Å². The molecule has 1 aromatic carbocycles. The first-order valence-corrected chi connectivity index (χ1v) is 8.34. The van der Waals surface area contributed by atoms with Crippen LogP contribution in [0.1, 0.15) is 40.6 Å². The number of likely N-dealkylation sites (tertiary alicyclic amines) is 1. The van der Waals surface area contributed by atoms with Gasteiger partial charge in [-0.15, -0.1) is 0 Å². The first-order valence-electron chi connectivity index (χ1n) is 8.34. The maximum Gasteiger partial charge on any atom is 0.272 e. The molecule has 3 heterocycles. The van der Waals surface area contributed by atoms with Gasteiger partial charge in [0.05, 0.1) is 11.7 Å². The van der Waals surface area contributed by atoms with E-state index in [-0.39, 0.29) is 11.9 Å². The summed E-state index contributed by atoms with van der Waals surface area (Å²) in [5, 5.41) is 4.29. The fourth-order valence-electron chi connectivity index (χ4n) is 3.58. The van der Waals surface area contributed by atoms with Crippen molar-refractivity contribution in [3.63, 3.8) is 0 Å². The van der Waals surface area contributed by atoms with E-state index in [4.69, 9.17) is 9.47 Å². The lowest BCUT2D eigenvalue weighted by Gasteiger charge is -2.26. The zero-order valence-corrected chi connectivity index (χ0v) is 14.0. The molecule has 6 heteroatoms. The molecule has 24 heavy (non-hydrogen) atoms. The van der Waals surface area contributed by atoms with Crippen molar-refractivity contribution in [1.82, 2.24) is 14.7 Å². The largest absolute Gasteiger partial charge is 0.486 e. The molecular weight excluding hydrogens is 306 g/mol. The van der Waals surface area contributed by atoms with Crippen LogP contribution in [0.2, 0.25) is 0 Å². The minimum absolute atomic E-state index is 0.0375. The van der Waals surface area contributed by atoms with E-state index in [0.717, 1.165) is 42.1 Å². The number of aromatic nitrogens is 2. The Morgan fingerprint density at radius 3 is 2.75 bits per heavy atom. The lowest BCUT2D eigenvalue weighted by molar-refractivity contribution is 0.0724. The van der Waals surface area contributed by atoms with E-state index in [2.05, 4.69) is 5.10 Å². The summed E-state index contributed by atoms with van der Waals surface area (Å²) in [6.45, 7) is 3.82. The van der Waals surface area contributed by atoms with E-state index in [1.54, 1.807) is 4.68 Å². The fourth-order valence-corrected chi connectivity index (χ4v) is 3.58. The summed E-state index contributed by atoms with van der Waals surface area (Å²) < 4.78 is 12.9. The van der Waals surface area contributed by atoms with Crippen molar-refractivity contribution < 1.29 is 14.3 Å². The molecule has 0 unspecified atom stereocenters. The summed E-state index contributed by atoms with van der Waals surface area (Å²) in [4.78, 5) is 14.9. The van der Waals surface area contributed by atoms with Crippen LogP contribution in [-0.2, 0) is 7.05 Å². The smallest absolute Gasteiger partial charge is 0.272 e. The molecule has 4 rings (SSSR count). The summed E-state index contributed by atoms with van der Waals surface area (Å²) in [6.07, 6.45) is 1.96. The van der Waals surface area contributed by atoms with Crippen molar-refractivity contribution >= 4 is 5.91 Å². The van der Waals surface area contributed by atoms with Gasteiger partial charge in [-0.25, -0.2) is 0 Å². The van der Waals surface area contributed by atoms with Crippen LogP contribution in [0, 0.1) is 6.92 Å². The van der Waals surface area contributed by atoms with Crippen molar-refractivity contribution in [3.8, 4) is 11.5 Å². The second-order valence-electron chi connectivity index (χ2n) is 6.35. The molecule has 0 bridgehead atoms.